The van der Waals surface area contributed by atoms with Gasteiger partial charge >= 0.3 is 12.2 Å². The smallest absolute Gasteiger partial charge is 0.371 e. The van der Waals surface area contributed by atoms with E-state index in [2.05, 4.69) is 22.3 Å². The third kappa shape index (κ3) is 5.24. The normalized spacial score (nSPS) is 19.6. The van der Waals surface area contributed by atoms with Crippen molar-refractivity contribution in [3.05, 3.63) is 60.2 Å². The molecule has 0 bridgehead atoms. The summed E-state index contributed by atoms with van der Waals surface area (Å²) in [7, 11) is 0. The van der Waals surface area contributed by atoms with Crippen molar-refractivity contribution in [1.82, 2.24) is 10.2 Å². The lowest BCUT2D eigenvalue weighted by Crippen LogP contribution is -2.52. The zero-order valence-corrected chi connectivity index (χ0v) is 17.3. The van der Waals surface area contributed by atoms with Gasteiger partial charge < -0.3 is 20.0 Å². The molecule has 2 aliphatic heterocycles. The van der Waals surface area contributed by atoms with Crippen LogP contribution in [0.3, 0.4) is 0 Å². The van der Waals surface area contributed by atoms with Crippen LogP contribution in [0, 0.1) is 5.92 Å². The van der Waals surface area contributed by atoms with Gasteiger partial charge in [0.2, 0.25) is 0 Å². The van der Waals surface area contributed by atoms with Crippen molar-refractivity contribution >= 4 is 17.4 Å². The van der Waals surface area contributed by atoms with Crippen molar-refractivity contribution in [2.75, 3.05) is 55.6 Å². The highest BCUT2D eigenvalue weighted by Gasteiger charge is 2.31. The van der Waals surface area contributed by atoms with Crippen LogP contribution in [0.25, 0.3) is 0 Å². The molecule has 2 aromatic carbocycles. The fraction of sp³-hybridized carbons (Fsp3) is 0.435. The average molecular weight is 432 g/mol. The SMILES string of the molecule is O=C(NCC1CCN(c2ccccc2)C1)N1CCN(c2cccc(C(F)(F)F)c2)CC1. The van der Waals surface area contributed by atoms with Crippen LogP contribution in [0.1, 0.15) is 12.0 Å². The van der Waals surface area contributed by atoms with Crippen LogP contribution in [-0.2, 0) is 6.18 Å². The molecule has 2 fully saturated rings. The standard InChI is InChI=1S/C23H27F3N4O/c24-23(25,26)19-5-4-8-21(15-19)28-11-13-29(14-12-28)22(31)27-16-18-9-10-30(17-18)20-6-2-1-3-7-20/h1-8,15,18H,9-14,16-17H2,(H,27,31). The Balaban J connectivity index is 1.23. The molecular weight excluding hydrogens is 405 g/mol. The number of piperazine rings is 1. The number of benzene rings is 2. The predicted molar refractivity (Wildman–Crippen MR) is 115 cm³/mol. The molecule has 166 valence electrons. The quantitative estimate of drug-likeness (QED) is 0.792. The second-order valence-corrected chi connectivity index (χ2v) is 8.14. The van der Waals surface area contributed by atoms with Crippen molar-refractivity contribution in [2.45, 2.75) is 12.6 Å². The number of carbonyl (C=O) groups is 1. The third-order valence-corrected chi connectivity index (χ3v) is 6.05. The third-order valence-electron chi connectivity index (χ3n) is 6.05. The number of rotatable bonds is 4. The molecule has 2 aliphatic rings. The van der Waals surface area contributed by atoms with E-state index in [1.165, 1.54) is 17.8 Å². The van der Waals surface area contributed by atoms with Gasteiger partial charge in [0.15, 0.2) is 0 Å². The molecule has 1 N–H and O–H groups in total. The Morgan fingerprint density at radius 1 is 0.903 bits per heavy atom. The fourth-order valence-corrected chi connectivity index (χ4v) is 4.26. The van der Waals surface area contributed by atoms with Gasteiger partial charge in [-0.1, -0.05) is 24.3 Å². The highest BCUT2D eigenvalue weighted by Crippen LogP contribution is 2.32. The zero-order chi connectivity index (χ0) is 21.8. The molecule has 2 heterocycles. The number of hydrogen-bond acceptors (Lipinski definition) is 3. The number of amides is 2. The maximum atomic E-state index is 13.0. The number of alkyl halides is 3. The van der Waals surface area contributed by atoms with Crippen molar-refractivity contribution in [2.24, 2.45) is 5.92 Å². The largest absolute Gasteiger partial charge is 0.416 e. The van der Waals surface area contributed by atoms with Crippen LogP contribution in [0.5, 0.6) is 0 Å². The van der Waals surface area contributed by atoms with Gasteiger partial charge in [-0.25, -0.2) is 4.79 Å². The van der Waals surface area contributed by atoms with E-state index in [1.54, 1.807) is 11.0 Å². The number of anilines is 2. The first kappa shape index (κ1) is 21.3. The first-order chi connectivity index (χ1) is 14.9. The lowest BCUT2D eigenvalue weighted by Gasteiger charge is -2.36. The van der Waals surface area contributed by atoms with Gasteiger partial charge in [-0.3, -0.25) is 0 Å². The zero-order valence-electron chi connectivity index (χ0n) is 17.3. The number of halogens is 3. The van der Waals surface area contributed by atoms with E-state index in [0.717, 1.165) is 25.6 Å². The van der Waals surface area contributed by atoms with E-state index in [0.29, 0.717) is 44.3 Å². The molecule has 2 aromatic rings. The lowest BCUT2D eigenvalue weighted by molar-refractivity contribution is -0.137. The van der Waals surface area contributed by atoms with Crippen molar-refractivity contribution < 1.29 is 18.0 Å². The summed E-state index contributed by atoms with van der Waals surface area (Å²) in [4.78, 5) is 18.5. The summed E-state index contributed by atoms with van der Waals surface area (Å²) in [5.41, 5.74) is 1.11. The molecule has 0 saturated carbocycles. The van der Waals surface area contributed by atoms with E-state index in [1.807, 2.05) is 23.1 Å². The maximum Gasteiger partial charge on any atom is 0.416 e. The minimum Gasteiger partial charge on any atom is -0.371 e. The molecule has 2 amide bonds. The van der Waals surface area contributed by atoms with E-state index >= 15 is 0 Å². The van der Waals surface area contributed by atoms with Crippen LogP contribution in [0.15, 0.2) is 54.6 Å². The lowest BCUT2D eigenvalue weighted by atomic mass is 10.1. The van der Waals surface area contributed by atoms with Gasteiger partial charge in [-0.2, -0.15) is 13.2 Å². The molecule has 1 atom stereocenters. The molecule has 0 radical (unpaired) electrons. The van der Waals surface area contributed by atoms with E-state index in [4.69, 9.17) is 0 Å². The minimum atomic E-state index is -4.35. The Bertz CT molecular complexity index is 882. The van der Waals surface area contributed by atoms with Gasteiger partial charge in [-0.15, -0.1) is 0 Å². The van der Waals surface area contributed by atoms with Gasteiger partial charge in [0.25, 0.3) is 0 Å². The van der Waals surface area contributed by atoms with Gasteiger partial charge in [-0.05, 0) is 42.7 Å². The van der Waals surface area contributed by atoms with Crippen molar-refractivity contribution in [3.8, 4) is 0 Å². The Hall–Kier alpha value is -2.90. The first-order valence-corrected chi connectivity index (χ1v) is 10.6. The predicted octanol–water partition coefficient (Wildman–Crippen LogP) is 4.06. The maximum absolute atomic E-state index is 13.0. The van der Waals surface area contributed by atoms with Crippen LogP contribution >= 0.6 is 0 Å². The van der Waals surface area contributed by atoms with E-state index in [9.17, 15) is 18.0 Å². The van der Waals surface area contributed by atoms with Crippen molar-refractivity contribution in [1.29, 1.82) is 0 Å². The van der Waals surface area contributed by atoms with Crippen LogP contribution in [-0.4, -0.2) is 56.7 Å². The highest BCUT2D eigenvalue weighted by molar-refractivity contribution is 5.74. The molecule has 5 nitrogen and oxygen atoms in total. The summed E-state index contributed by atoms with van der Waals surface area (Å²) < 4.78 is 38.9. The number of para-hydroxylation sites is 1. The molecule has 2 saturated heterocycles. The van der Waals surface area contributed by atoms with Crippen molar-refractivity contribution in [3.63, 3.8) is 0 Å². The summed E-state index contributed by atoms with van der Waals surface area (Å²) >= 11 is 0. The second kappa shape index (κ2) is 9.08. The van der Waals surface area contributed by atoms with Gasteiger partial charge in [0, 0.05) is 57.2 Å². The summed E-state index contributed by atoms with van der Waals surface area (Å²) in [6, 6.07) is 15.5. The molecule has 0 spiro atoms. The molecule has 0 aromatic heterocycles. The summed E-state index contributed by atoms with van der Waals surface area (Å²) in [6.45, 7) is 4.55. The number of nitrogens with one attached hydrogen (secondary N) is 1. The number of nitrogens with zero attached hydrogens (tertiary/aromatic N) is 3. The summed E-state index contributed by atoms with van der Waals surface area (Å²) in [5.74, 6) is 0.413. The first-order valence-electron chi connectivity index (χ1n) is 10.6. The van der Waals surface area contributed by atoms with Gasteiger partial charge in [0.05, 0.1) is 5.56 Å². The van der Waals surface area contributed by atoms with Gasteiger partial charge in [0.1, 0.15) is 0 Å². The monoisotopic (exact) mass is 432 g/mol. The van der Waals surface area contributed by atoms with E-state index < -0.39 is 11.7 Å². The molecule has 4 rings (SSSR count). The fourth-order valence-electron chi connectivity index (χ4n) is 4.26. The Labute approximate surface area is 180 Å². The second-order valence-electron chi connectivity index (χ2n) is 8.14. The Morgan fingerprint density at radius 3 is 2.32 bits per heavy atom. The highest BCUT2D eigenvalue weighted by atomic mass is 19.4. The molecule has 1 unspecified atom stereocenters. The van der Waals surface area contributed by atoms with E-state index in [-0.39, 0.29) is 6.03 Å². The number of hydrogen-bond donors (Lipinski definition) is 1. The number of urea groups is 1. The van der Waals surface area contributed by atoms with Crippen LogP contribution in [0.4, 0.5) is 29.3 Å². The Kier molecular flexibility index (Phi) is 6.25. The molecular formula is C23H27F3N4O. The molecule has 31 heavy (non-hydrogen) atoms. The minimum absolute atomic E-state index is 0.0955. The summed E-state index contributed by atoms with van der Waals surface area (Å²) in [6.07, 6.45) is -3.31. The average Bonchev–Trinajstić information content (AvgIpc) is 3.27. The molecule has 8 heteroatoms. The summed E-state index contributed by atoms with van der Waals surface area (Å²) in [5, 5.41) is 3.04. The molecule has 0 aliphatic carbocycles. The Morgan fingerprint density at radius 2 is 1.61 bits per heavy atom. The topological polar surface area (TPSA) is 38.8 Å². The van der Waals surface area contributed by atoms with Crippen LogP contribution in [0.2, 0.25) is 0 Å². The number of carbonyl (C=O) groups excluding carboxylic acids is 1. The van der Waals surface area contributed by atoms with Crippen LogP contribution < -0.4 is 15.1 Å².